The van der Waals surface area contributed by atoms with Crippen molar-refractivity contribution in [2.75, 3.05) is 21.1 Å². The summed E-state index contributed by atoms with van der Waals surface area (Å²) in [6.45, 7) is 2.91. The molecule has 9 nitrogen and oxygen atoms in total. The van der Waals surface area contributed by atoms with Crippen molar-refractivity contribution >= 4 is 27.9 Å². The lowest BCUT2D eigenvalue weighted by Crippen LogP contribution is -2.43. The minimum Gasteiger partial charge on any atom is -0.449 e. The lowest BCUT2D eigenvalue weighted by Gasteiger charge is -2.15. The number of ether oxygens (including phenoxy) is 1. The fourth-order valence-corrected chi connectivity index (χ4v) is 2.67. The number of carbonyl (C=O) groups excluding carboxylic acids is 3. The number of hydrogen-bond acceptors (Lipinski definition) is 6. The van der Waals surface area contributed by atoms with E-state index in [1.165, 1.54) is 46.3 Å². The zero-order valence-electron chi connectivity index (χ0n) is 14.6. The Morgan fingerprint density at radius 1 is 1.20 bits per heavy atom. The van der Waals surface area contributed by atoms with E-state index in [0.29, 0.717) is 5.56 Å². The van der Waals surface area contributed by atoms with Gasteiger partial charge in [0, 0.05) is 21.1 Å². The van der Waals surface area contributed by atoms with E-state index in [9.17, 15) is 22.8 Å². The Kier molecular flexibility index (Phi) is 6.65. The van der Waals surface area contributed by atoms with Crippen LogP contribution in [0.1, 0.15) is 22.8 Å². The number of imide groups is 1. The molecule has 0 spiro atoms. The molecule has 1 rings (SSSR count). The molecule has 0 aliphatic heterocycles. The Labute approximate surface area is 146 Å². The van der Waals surface area contributed by atoms with E-state index in [0.717, 1.165) is 4.31 Å². The molecule has 25 heavy (non-hydrogen) atoms. The topological polar surface area (TPSA) is 122 Å². The quantitative estimate of drug-likeness (QED) is 0.715. The van der Waals surface area contributed by atoms with E-state index >= 15 is 0 Å². The van der Waals surface area contributed by atoms with Gasteiger partial charge < -0.3 is 10.1 Å². The minimum atomic E-state index is -3.72. The summed E-state index contributed by atoms with van der Waals surface area (Å²) in [7, 11) is 0.359. The highest BCUT2D eigenvalue weighted by Gasteiger charge is 2.24. The summed E-state index contributed by atoms with van der Waals surface area (Å²) < 4.78 is 30.4. The third-order valence-corrected chi connectivity index (χ3v) is 5.14. The number of benzene rings is 1. The van der Waals surface area contributed by atoms with Gasteiger partial charge in [-0.1, -0.05) is 6.07 Å². The second-order valence-electron chi connectivity index (χ2n) is 5.38. The highest BCUT2D eigenvalue weighted by atomic mass is 32.2. The van der Waals surface area contributed by atoms with Gasteiger partial charge in [0.2, 0.25) is 10.0 Å². The predicted molar refractivity (Wildman–Crippen MR) is 89.5 cm³/mol. The molecule has 0 unspecified atom stereocenters. The third kappa shape index (κ3) is 5.00. The summed E-state index contributed by atoms with van der Waals surface area (Å²) in [5, 5.41) is 4.18. The molecule has 0 aliphatic rings. The van der Waals surface area contributed by atoms with E-state index in [4.69, 9.17) is 4.74 Å². The molecule has 0 bridgehead atoms. The maximum atomic E-state index is 12.3. The van der Waals surface area contributed by atoms with Gasteiger partial charge in [-0.25, -0.2) is 22.3 Å². The highest BCUT2D eigenvalue weighted by Crippen LogP contribution is 2.19. The first-order chi connectivity index (χ1) is 11.5. The second kappa shape index (κ2) is 8.08. The predicted octanol–water partition coefficient (Wildman–Crippen LogP) is 0.246. The summed E-state index contributed by atoms with van der Waals surface area (Å²) in [6, 6.07) is 3.31. The number of rotatable bonds is 5. The number of aryl methyl sites for hydroxylation is 1. The summed E-state index contributed by atoms with van der Waals surface area (Å²) in [5.74, 6) is -1.67. The van der Waals surface area contributed by atoms with Crippen molar-refractivity contribution < 1.29 is 27.5 Å². The van der Waals surface area contributed by atoms with Gasteiger partial charge in [-0.2, -0.15) is 0 Å². The molecular weight excluding hydrogens is 350 g/mol. The summed E-state index contributed by atoms with van der Waals surface area (Å²) >= 11 is 0. The Hall–Kier alpha value is -2.46. The monoisotopic (exact) mass is 371 g/mol. The van der Waals surface area contributed by atoms with Crippen molar-refractivity contribution in [2.45, 2.75) is 24.8 Å². The van der Waals surface area contributed by atoms with Gasteiger partial charge in [-0.15, -0.1) is 0 Å². The van der Waals surface area contributed by atoms with Crippen molar-refractivity contribution in [3.05, 3.63) is 29.3 Å². The standard InChI is InChI=1S/C15H21N3O6S/c1-9-6-7-11(25(22,23)18(4)5)8-12(9)14(20)24-10(2)13(19)17-15(21)16-3/h6-8,10H,1-5H3,(H2,16,17,19,21)/t10-/m1/s1. The van der Waals surface area contributed by atoms with Crippen molar-refractivity contribution in [2.24, 2.45) is 0 Å². The number of sulfonamides is 1. The number of hydrogen-bond donors (Lipinski definition) is 2. The van der Waals surface area contributed by atoms with Gasteiger partial charge in [0.25, 0.3) is 5.91 Å². The zero-order chi connectivity index (χ0) is 19.4. The van der Waals surface area contributed by atoms with E-state index in [1.807, 2.05) is 5.32 Å². The number of urea groups is 1. The number of esters is 1. The van der Waals surface area contributed by atoms with Crippen molar-refractivity contribution in [3.63, 3.8) is 0 Å². The molecule has 0 heterocycles. The van der Waals surface area contributed by atoms with Crippen LogP contribution in [0.15, 0.2) is 23.1 Å². The van der Waals surface area contributed by atoms with Crippen LogP contribution in [-0.2, 0) is 19.6 Å². The molecule has 138 valence electrons. The average molecular weight is 371 g/mol. The molecule has 0 saturated carbocycles. The molecule has 0 aliphatic carbocycles. The van der Waals surface area contributed by atoms with Gasteiger partial charge in [-0.3, -0.25) is 10.1 Å². The fraction of sp³-hybridized carbons (Fsp3) is 0.400. The number of nitrogens with zero attached hydrogens (tertiary/aromatic N) is 1. The summed E-state index contributed by atoms with van der Waals surface area (Å²) in [5.41, 5.74) is 0.504. The first-order valence-electron chi connectivity index (χ1n) is 7.27. The summed E-state index contributed by atoms with van der Waals surface area (Å²) in [6.07, 6.45) is -1.24. The van der Waals surface area contributed by atoms with Gasteiger partial charge >= 0.3 is 12.0 Å². The molecule has 10 heteroatoms. The van der Waals surface area contributed by atoms with E-state index in [1.54, 1.807) is 6.92 Å². The van der Waals surface area contributed by atoms with E-state index in [-0.39, 0.29) is 10.5 Å². The molecule has 0 aromatic heterocycles. The lowest BCUT2D eigenvalue weighted by atomic mass is 10.1. The van der Waals surface area contributed by atoms with Gasteiger partial charge in [-0.05, 0) is 31.5 Å². The molecule has 0 radical (unpaired) electrons. The van der Waals surface area contributed by atoms with Crippen LogP contribution in [0.5, 0.6) is 0 Å². The molecule has 1 aromatic carbocycles. The van der Waals surface area contributed by atoms with Crippen LogP contribution in [0, 0.1) is 6.92 Å². The lowest BCUT2D eigenvalue weighted by molar-refractivity contribution is -0.127. The van der Waals surface area contributed by atoms with Gasteiger partial charge in [0.1, 0.15) is 0 Å². The molecule has 3 amide bonds. The molecule has 1 atom stereocenters. The molecule has 2 N–H and O–H groups in total. The second-order valence-corrected chi connectivity index (χ2v) is 7.53. The Bertz CT molecular complexity index is 788. The number of carbonyl (C=O) groups is 3. The minimum absolute atomic E-state index is 0.0162. The van der Waals surface area contributed by atoms with Crippen molar-refractivity contribution in [3.8, 4) is 0 Å². The normalized spacial score (nSPS) is 12.4. The van der Waals surface area contributed by atoms with Gasteiger partial charge in [0.15, 0.2) is 6.10 Å². The Morgan fingerprint density at radius 2 is 1.80 bits per heavy atom. The maximum absolute atomic E-state index is 12.3. The average Bonchev–Trinajstić information content (AvgIpc) is 2.54. The van der Waals surface area contributed by atoms with Crippen LogP contribution in [0.25, 0.3) is 0 Å². The van der Waals surface area contributed by atoms with Crippen LogP contribution in [-0.4, -0.2) is 57.9 Å². The first-order valence-corrected chi connectivity index (χ1v) is 8.71. The zero-order valence-corrected chi connectivity index (χ0v) is 15.4. The smallest absolute Gasteiger partial charge is 0.339 e. The molecule has 1 aromatic rings. The SMILES string of the molecule is CNC(=O)NC(=O)[C@@H](C)OC(=O)c1cc(S(=O)(=O)N(C)C)ccc1C. The third-order valence-electron chi connectivity index (χ3n) is 3.32. The number of nitrogens with one attached hydrogen (secondary N) is 2. The Morgan fingerprint density at radius 3 is 2.32 bits per heavy atom. The fourth-order valence-electron chi connectivity index (χ4n) is 1.75. The van der Waals surface area contributed by atoms with E-state index in [2.05, 4.69) is 5.32 Å². The van der Waals surface area contributed by atoms with Crippen LogP contribution >= 0.6 is 0 Å². The molecule has 0 fully saturated rings. The van der Waals surface area contributed by atoms with Crippen molar-refractivity contribution in [1.29, 1.82) is 0 Å². The van der Waals surface area contributed by atoms with Crippen molar-refractivity contribution in [1.82, 2.24) is 14.9 Å². The van der Waals surface area contributed by atoms with Crippen LogP contribution in [0.4, 0.5) is 4.79 Å². The van der Waals surface area contributed by atoms with Crippen LogP contribution < -0.4 is 10.6 Å². The maximum Gasteiger partial charge on any atom is 0.339 e. The highest BCUT2D eigenvalue weighted by molar-refractivity contribution is 7.89. The molecular formula is C15H21N3O6S. The summed E-state index contributed by atoms with van der Waals surface area (Å²) in [4.78, 5) is 35.0. The van der Waals surface area contributed by atoms with Crippen LogP contribution in [0.2, 0.25) is 0 Å². The van der Waals surface area contributed by atoms with Crippen LogP contribution in [0.3, 0.4) is 0 Å². The Balaban J connectivity index is 3.02. The van der Waals surface area contributed by atoms with E-state index < -0.39 is 34.0 Å². The first kappa shape index (κ1) is 20.6. The molecule has 0 saturated heterocycles. The number of amides is 3. The van der Waals surface area contributed by atoms with Gasteiger partial charge in [0.05, 0.1) is 10.5 Å². The largest absolute Gasteiger partial charge is 0.449 e.